The minimum Gasteiger partial charge on any atom is -0.330 e. The second-order valence-electron chi connectivity index (χ2n) is 5.14. The van der Waals surface area contributed by atoms with Gasteiger partial charge >= 0.3 is 0 Å². The van der Waals surface area contributed by atoms with Crippen molar-refractivity contribution >= 4 is 0 Å². The van der Waals surface area contributed by atoms with Crippen molar-refractivity contribution in [3.63, 3.8) is 0 Å². The molecule has 2 N–H and O–H groups in total. The van der Waals surface area contributed by atoms with Gasteiger partial charge in [0.2, 0.25) is 0 Å². The molecule has 0 saturated carbocycles. The topological polar surface area (TPSA) is 32.5 Å². The summed E-state index contributed by atoms with van der Waals surface area (Å²) in [5.41, 5.74) is 5.90. The number of hydrogen-bond donors (Lipinski definition) is 1. The third-order valence-corrected chi connectivity index (χ3v) is 3.47. The second kappa shape index (κ2) is 5.10. The molecule has 15 heavy (non-hydrogen) atoms. The van der Waals surface area contributed by atoms with Crippen LogP contribution in [0.2, 0.25) is 0 Å². The molecule has 0 aromatic carbocycles. The average Bonchev–Trinajstić information content (AvgIpc) is 2.14. The van der Waals surface area contributed by atoms with Gasteiger partial charge in [-0.15, -0.1) is 6.58 Å². The van der Waals surface area contributed by atoms with Gasteiger partial charge < -0.3 is 5.73 Å². The summed E-state index contributed by atoms with van der Waals surface area (Å²) in [4.78, 5) is 4.94. The molecule has 0 spiro atoms. The molecule has 3 heteroatoms. The van der Waals surface area contributed by atoms with Gasteiger partial charge in [-0.3, -0.25) is 9.80 Å². The molecular formula is C12H25N3. The normalized spacial score (nSPS) is 27.9. The van der Waals surface area contributed by atoms with Crippen LogP contribution in [-0.2, 0) is 0 Å². The van der Waals surface area contributed by atoms with Crippen molar-refractivity contribution in [3.8, 4) is 0 Å². The summed E-state index contributed by atoms with van der Waals surface area (Å²) in [6.45, 7) is 12.4. The first kappa shape index (κ1) is 12.7. The largest absolute Gasteiger partial charge is 0.330 e. The Bertz CT molecular complexity index is 213. The summed E-state index contributed by atoms with van der Waals surface area (Å²) in [5, 5.41) is 0. The lowest BCUT2D eigenvalue weighted by Gasteiger charge is -2.50. The van der Waals surface area contributed by atoms with Crippen LogP contribution in [0.1, 0.15) is 20.3 Å². The van der Waals surface area contributed by atoms with Gasteiger partial charge in [0.1, 0.15) is 0 Å². The van der Waals surface area contributed by atoms with Gasteiger partial charge in [-0.2, -0.15) is 0 Å². The Hall–Kier alpha value is -0.380. The first-order chi connectivity index (χ1) is 7.01. The molecule has 0 aromatic rings. The zero-order chi connectivity index (χ0) is 11.5. The predicted octanol–water partition coefficient (Wildman–Crippen LogP) is 0.916. The standard InChI is InChI=1S/C12H25N3/c1-5-8-15-9-11(6-7-13)14(4)12(2,3)10-15/h5,11H,1,6-10,13H2,2-4H3. The Balaban J connectivity index is 2.67. The van der Waals surface area contributed by atoms with E-state index < -0.39 is 0 Å². The molecule has 88 valence electrons. The summed E-state index contributed by atoms with van der Waals surface area (Å²) in [5.74, 6) is 0. The van der Waals surface area contributed by atoms with E-state index in [1.807, 2.05) is 6.08 Å². The molecule has 0 aliphatic carbocycles. The highest BCUT2D eigenvalue weighted by molar-refractivity contribution is 4.95. The molecule has 1 aliphatic heterocycles. The number of rotatable bonds is 4. The van der Waals surface area contributed by atoms with E-state index in [1.165, 1.54) is 0 Å². The van der Waals surface area contributed by atoms with E-state index in [0.29, 0.717) is 6.04 Å². The molecule has 1 rings (SSSR count). The second-order valence-corrected chi connectivity index (χ2v) is 5.14. The Morgan fingerprint density at radius 1 is 1.53 bits per heavy atom. The first-order valence-electron chi connectivity index (χ1n) is 5.77. The molecule has 0 bridgehead atoms. The Morgan fingerprint density at radius 3 is 2.73 bits per heavy atom. The van der Waals surface area contributed by atoms with E-state index in [1.54, 1.807) is 0 Å². The number of likely N-dealkylation sites (N-methyl/N-ethyl adjacent to an activating group) is 1. The molecule has 3 nitrogen and oxygen atoms in total. The van der Waals surface area contributed by atoms with Gasteiger partial charge in [0.25, 0.3) is 0 Å². The quantitative estimate of drug-likeness (QED) is 0.702. The van der Waals surface area contributed by atoms with E-state index in [9.17, 15) is 0 Å². The van der Waals surface area contributed by atoms with Crippen LogP contribution in [-0.4, -0.2) is 54.6 Å². The van der Waals surface area contributed by atoms with Crippen molar-refractivity contribution in [1.82, 2.24) is 9.80 Å². The van der Waals surface area contributed by atoms with Crippen LogP contribution in [0.15, 0.2) is 12.7 Å². The predicted molar refractivity (Wildman–Crippen MR) is 65.9 cm³/mol. The summed E-state index contributed by atoms with van der Waals surface area (Å²) in [7, 11) is 2.21. The van der Waals surface area contributed by atoms with E-state index in [0.717, 1.165) is 32.6 Å². The lowest BCUT2D eigenvalue weighted by atomic mass is 9.94. The molecule has 0 aromatic heterocycles. The van der Waals surface area contributed by atoms with Crippen molar-refractivity contribution in [2.24, 2.45) is 5.73 Å². The third-order valence-electron chi connectivity index (χ3n) is 3.47. The zero-order valence-corrected chi connectivity index (χ0v) is 10.4. The first-order valence-corrected chi connectivity index (χ1v) is 5.77. The van der Waals surface area contributed by atoms with Crippen LogP contribution in [0.5, 0.6) is 0 Å². The van der Waals surface area contributed by atoms with E-state index in [2.05, 4.69) is 37.3 Å². The summed E-state index contributed by atoms with van der Waals surface area (Å²) < 4.78 is 0. The molecule has 1 saturated heterocycles. The fourth-order valence-corrected chi connectivity index (χ4v) is 2.44. The smallest absolute Gasteiger partial charge is 0.0280 e. The van der Waals surface area contributed by atoms with Crippen LogP contribution in [0.25, 0.3) is 0 Å². The summed E-state index contributed by atoms with van der Waals surface area (Å²) in [6, 6.07) is 0.582. The average molecular weight is 211 g/mol. The van der Waals surface area contributed by atoms with Gasteiger partial charge in [-0.05, 0) is 33.9 Å². The van der Waals surface area contributed by atoms with Crippen LogP contribution in [0.4, 0.5) is 0 Å². The minimum atomic E-state index is 0.237. The van der Waals surface area contributed by atoms with Crippen LogP contribution < -0.4 is 5.73 Å². The molecule has 1 atom stereocenters. The molecule has 1 unspecified atom stereocenters. The van der Waals surface area contributed by atoms with Crippen LogP contribution in [0.3, 0.4) is 0 Å². The van der Waals surface area contributed by atoms with Crippen molar-refractivity contribution in [2.75, 3.05) is 33.2 Å². The highest BCUT2D eigenvalue weighted by Crippen LogP contribution is 2.24. The van der Waals surface area contributed by atoms with Crippen molar-refractivity contribution in [2.45, 2.75) is 31.8 Å². The van der Waals surface area contributed by atoms with Crippen LogP contribution >= 0.6 is 0 Å². The van der Waals surface area contributed by atoms with Gasteiger partial charge in [-0.25, -0.2) is 0 Å². The maximum absolute atomic E-state index is 5.66. The third kappa shape index (κ3) is 3.03. The fraction of sp³-hybridized carbons (Fsp3) is 0.833. The number of nitrogens with zero attached hydrogens (tertiary/aromatic N) is 2. The molecule has 1 aliphatic rings. The lowest BCUT2D eigenvalue weighted by molar-refractivity contribution is -0.00340. The van der Waals surface area contributed by atoms with E-state index >= 15 is 0 Å². The van der Waals surface area contributed by atoms with Crippen LogP contribution in [0, 0.1) is 0 Å². The number of nitrogens with two attached hydrogens (primary N) is 1. The highest BCUT2D eigenvalue weighted by Gasteiger charge is 2.36. The molecule has 1 heterocycles. The van der Waals surface area contributed by atoms with Crippen molar-refractivity contribution in [1.29, 1.82) is 0 Å². The van der Waals surface area contributed by atoms with Gasteiger partial charge in [0, 0.05) is 31.2 Å². The van der Waals surface area contributed by atoms with Gasteiger partial charge in [0.05, 0.1) is 0 Å². The lowest BCUT2D eigenvalue weighted by Crippen LogP contribution is -2.62. The minimum absolute atomic E-state index is 0.237. The maximum atomic E-state index is 5.66. The molecule has 0 amide bonds. The molecular weight excluding hydrogens is 186 g/mol. The summed E-state index contributed by atoms with van der Waals surface area (Å²) in [6.07, 6.45) is 3.06. The SMILES string of the molecule is C=CCN1CC(CCN)N(C)C(C)(C)C1. The monoisotopic (exact) mass is 211 g/mol. The molecule has 1 fully saturated rings. The van der Waals surface area contributed by atoms with E-state index in [4.69, 9.17) is 5.73 Å². The van der Waals surface area contributed by atoms with Gasteiger partial charge in [0.15, 0.2) is 0 Å². The summed E-state index contributed by atoms with van der Waals surface area (Å²) >= 11 is 0. The van der Waals surface area contributed by atoms with E-state index in [-0.39, 0.29) is 5.54 Å². The highest BCUT2D eigenvalue weighted by atomic mass is 15.3. The molecule has 0 radical (unpaired) electrons. The van der Waals surface area contributed by atoms with Crippen molar-refractivity contribution in [3.05, 3.63) is 12.7 Å². The van der Waals surface area contributed by atoms with Crippen molar-refractivity contribution < 1.29 is 0 Å². The Kier molecular flexibility index (Phi) is 4.32. The fourth-order valence-electron chi connectivity index (χ4n) is 2.44. The maximum Gasteiger partial charge on any atom is 0.0280 e. The van der Waals surface area contributed by atoms with Gasteiger partial charge in [-0.1, -0.05) is 6.08 Å². The number of piperazine rings is 1. The zero-order valence-electron chi connectivity index (χ0n) is 10.4. The Labute approximate surface area is 93.9 Å². The Morgan fingerprint density at radius 2 is 2.20 bits per heavy atom. The number of hydrogen-bond acceptors (Lipinski definition) is 3.